The van der Waals surface area contributed by atoms with Gasteiger partial charge in [-0.25, -0.2) is 0 Å². The molecule has 2 atom stereocenters. The Morgan fingerprint density at radius 2 is 2.16 bits per heavy atom. The second kappa shape index (κ2) is 7.19. The van der Waals surface area contributed by atoms with Crippen molar-refractivity contribution in [1.29, 1.82) is 0 Å². The van der Waals surface area contributed by atoms with Crippen molar-refractivity contribution in [2.45, 2.75) is 25.0 Å². The van der Waals surface area contributed by atoms with Gasteiger partial charge in [-0.2, -0.15) is 0 Å². The van der Waals surface area contributed by atoms with Crippen LogP contribution in [-0.4, -0.2) is 86.1 Å². The SMILES string of the molecule is CO[C@H]1C[C@@H](CO)N(CCC(=O)N2CCOCC2)C1. The molecule has 1 N–H and O–H groups in total. The number of aliphatic hydroxyl groups excluding tert-OH is 1. The number of carbonyl (C=O) groups excluding carboxylic acids is 1. The summed E-state index contributed by atoms with van der Waals surface area (Å²) < 4.78 is 10.6. The van der Waals surface area contributed by atoms with Crippen molar-refractivity contribution in [2.24, 2.45) is 0 Å². The molecule has 0 aromatic rings. The standard InChI is InChI=1S/C13H24N2O4/c1-18-12-8-11(10-16)15(9-12)3-2-13(17)14-4-6-19-7-5-14/h11-12,16H,2-10H2,1H3/t11-,12-/m0/s1. The summed E-state index contributed by atoms with van der Waals surface area (Å²) in [7, 11) is 1.70. The largest absolute Gasteiger partial charge is 0.395 e. The summed E-state index contributed by atoms with van der Waals surface area (Å²) in [5.74, 6) is 0.181. The highest BCUT2D eigenvalue weighted by molar-refractivity contribution is 5.76. The van der Waals surface area contributed by atoms with Crippen molar-refractivity contribution < 1.29 is 19.4 Å². The fraction of sp³-hybridized carbons (Fsp3) is 0.923. The fourth-order valence-electron chi connectivity index (χ4n) is 2.78. The van der Waals surface area contributed by atoms with Crippen LogP contribution in [0.15, 0.2) is 0 Å². The molecule has 2 aliphatic rings. The van der Waals surface area contributed by atoms with Crippen LogP contribution in [0.1, 0.15) is 12.8 Å². The monoisotopic (exact) mass is 272 g/mol. The molecule has 6 nitrogen and oxygen atoms in total. The number of hydrogen-bond acceptors (Lipinski definition) is 5. The van der Waals surface area contributed by atoms with E-state index in [4.69, 9.17) is 9.47 Å². The maximum absolute atomic E-state index is 12.1. The maximum atomic E-state index is 12.1. The van der Waals surface area contributed by atoms with Gasteiger partial charge in [0.15, 0.2) is 0 Å². The molecule has 2 heterocycles. The van der Waals surface area contributed by atoms with Crippen molar-refractivity contribution in [3.05, 3.63) is 0 Å². The Morgan fingerprint density at radius 3 is 2.79 bits per heavy atom. The van der Waals surface area contributed by atoms with Gasteiger partial charge in [0.05, 0.1) is 25.9 Å². The summed E-state index contributed by atoms with van der Waals surface area (Å²) in [5.41, 5.74) is 0. The number of hydrogen-bond donors (Lipinski definition) is 1. The first-order valence-electron chi connectivity index (χ1n) is 6.97. The van der Waals surface area contributed by atoms with E-state index in [1.54, 1.807) is 7.11 Å². The van der Waals surface area contributed by atoms with Gasteiger partial charge in [-0.15, -0.1) is 0 Å². The number of methoxy groups -OCH3 is 1. The Balaban J connectivity index is 1.76. The number of amides is 1. The molecule has 2 fully saturated rings. The van der Waals surface area contributed by atoms with Crippen LogP contribution in [0.3, 0.4) is 0 Å². The summed E-state index contributed by atoms with van der Waals surface area (Å²) in [5, 5.41) is 9.35. The van der Waals surface area contributed by atoms with Crippen molar-refractivity contribution in [3.63, 3.8) is 0 Å². The molecule has 2 rings (SSSR count). The molecule has 0 saturated carbocycles. The second-order valence-electron chi connectivity index (χ2n) is 5.17. The topological polar surface area (TPSA) is 62.2 Å². The van der Waals surface area contributed by atoms with Gasteiger partial charge in [0, 0.05) is 45.8 Å². The first kappa shape index (κ1) is 14.7. The average Bonchev–Trinajstić information content (AvgIpc) is 2.88. The summed E-state index contributed by atoms with van der Waals surface area (Å²) in [6, 6.07) is 0.127. The highest BCUT2D eigenvalue weighted by Crippen LogP contribution is 2.19. The van der Waals surface area contributed by atoms with Crippen LogP contribution in [0.2, 0.25) is 0 Å². The molecular formula is C13H24N2O4. The lowest BCUT2D eigenvalue weighted by atomic mass is 10.2. The number of aliphatic hydroxyl groups is 1. The predicted octanol–water partition coefficient (Wildman–Crippen LogP) is -0.683. The third kappa shape index (κ3) is 3.89. The minimum Gasteiger partial charge on any atom is -0.395 e. The van der Waals surface area contributed by atoms with Crippen molar-refractivity contribution in [2.75, 3.05) is 53.1 Å². The van der Waals surface area contributed by atoms with E-state index in [1.807, 2.05) is 4.90 Å². The summed E-state index contributed by atoms with van der Waals surface area (Å²) in [6.07, 6.45) is 1.53. The average molecular weight is 272 g/mol. The smallest absolute Gasteiger partial charge is 0.224 e. The van der Waals surface area contributed by atoms with Crippen LogP contribution in [-0.2, 0) is 14.3 Å². The first-order valence-corrected chi connectivity index (χ1v) is 6.97. The van der Waals surface area contributed by atoms with E-state index in [1.165, 1.54) is 0 Å². The van der Waals surface area contributed by atoms with Gasteiger partial charge in [-0.05, 0) is 6.42 Å². The molecule has 2 saturated heterocycles. The Bertz CT molecular complexity index is 294. The highest BCUT2D eigenvalue weighted by atomic mass is 16.5. The van der Waals surface area contributed by atoms with Crippen LogP contribution < -0.4 is 0 Å². The van der Waals surface area contributed by atoms with Gasteiger partial charge in [0.1, 0.15) is 0 Å². The summed E-state index contributed by atoms with van der Waals surface area (Å²) in [4.78, 5) is 16.1. The van der Waals surface area contributed by atoms with Crippen LogP contribution in [0.5, 0.6) is 0 Å². The number of ether oxygens (including phenoxy) is 2. The highest BCUT2D eigenvalue weighted by Gasteiger charge is 2.31. The van der Waals surface area contributed by atoms with E-state index in [2.05, 4.69) is 4.90 Å². The minimum atomic E-state index is 0.127. The van der Waals surface area contributed by atoms with Crippen LogP contribution >= 0.6 is 0 Å². The Kier molecular flexibility index (Phi) is 5.57. The minimum absolute atomic E-state index is 0.127. The van der Waals surface area contributed by atoms with E-state index in [0.717, 1.165) is 13.0 Å². The number of rotatable bonds is 5. The summed E-state index contributed by atoms with van der Waals surface area (Å²) in [6.45, 7) is 4.30. The third-order valence-electron chi connectivity index (χ3n) is 4.01. The molecule has 2 aliphatic heterocycles. The van der Waals surface area contributed by atoms with E-state index in [-0.39, 0.29) is 24.7 Å². The number of carbonyl (C=O) groups is 1. The lowest BCUT2D eigenvalue weighted by Gasteiger charge is -2.28. The molecule has 1 amide bonds. The fourth-order valence-corrected chi connectivity index (χ4v) is 2.78. The third-order valence-corrected chi connectivity index (χ3v) is 4.01. The van der Waals surface area contributed by atoms with Gasteiger partial charge in [-0.1, -0.05) is 0 Å². The molecule has 0 aromatic heterocycles. The Morgan fingerprint density at radius 1 is 1.42 bits per heavy atom. The van der Waals surface area contributed by atoms with Crippen molar-refractivity contribution in [3.8, 4) is 0 Å². The molecule has 0 aromatic carbocycles. The van der Waals surface area contributed by atoms with Crippen molar-refractivity contribution >= 4 is 5.91 Å². The van der Waals surface area contributed by atoms with Crippen LogP contribution in [0, 0.1) is 0 Å². The molecular weight excluding hydrogens is 248 g/mol. The summed E-state index contributed by atoms with van der Waals surface area (Å²) >= 11 is 0. The molecule has 110 valence electrons. The van der Waals surface area contributed by atoms with E-state index >= 15 is 0 Å². The Labute approximate surface area is 114 Å². The maximum Gasteiger partial charge on any atom is 0.224 e. The van der Waals surface area contributed by atoms with Gasteiger partial charge < -0.3 is 19.5 Å². The van der Waals surface area contributed by atoms with Crippen LogP contribution in [0.4, 0.5) is 0 Å². The van der Waals surface area contributed by atoms with E-state index in [0.29, 0.717) is 39.3 Å². The Hall–Kier alpha value is -0.690. The molecule has 0 unspecified atom stereocenters. The quantitative estimate of drug-likeness (QED) is 0.718. The molecule has 0 bridgehead atoms. The van der Waals surface area contributed by atoms with Gasteiger partial charge >= 0.3 is 0 Å². The van der Waals surface area contributed by atoms with Gasteiger partial charge in [0.2, 0.25) is 5.91 Å². The number of nitrogens with zero attached hydrogens (tertiary/aromatic N) is 2. The van der Waals surface area contributed by atoms with E-state index in [9.17, 15) is 9.90 Å². The molecule has 19 heavy (non-hydrogen) atoms. The lowest BCUT2D eigenvalue weighted by molar-refractivity contribution is -0.135. The van der Waals surface area contributed by atoms with Crippen LogP contribution in [0.25, 0.3) is 0 Å². The molecule has 6 heteroatoms. The zero-order chi connectivity index (χ0) is 13.7. The first-order chi connectivity index (χ1) is 9.24. The zero-order valence-electron chi connectivity index (χ0n) is 11.6. The second-order valence-corrected chi connectivity index (χ2v) is 5.17. The predicted molar refractivity (Wildman–Crippen MR) is 69.9 cm³/mol. The van der Waals surface area contributed by atoms with Gasteiger partial charge in [-0.3, -0.25) is 9.69 Å². The lowest BCUT2D eigenvalue weighted by Crippen LogP contribution is -2.42. The molecule has 0 aliphatic carbocycles. The van der Waals surface area contributed by atoms with Gasteiger partial charge in [0.25, 0.3) is 0 Å². The van der Waals surface area contributed by atoms with E-state index < -0.39 is 0 Å². The normalized spacial score (nSPS) is 28.8. The number of morpholine rings is 1. The molecule has 0 spiro atoms. The zero-order valence-corrected chi connectivity index (χ0v) is 11.6. The van der Waals surface area contributed by atoms with Crippen molar-refractivity contribution in [1.82, 2.24) is 9.80 Å². The number of likely N-dealkylation sites (tertiary alicyclic amines) is 1. The molecule has 0 radical (unpaired) electrons.